The minimum atomic E-state index is -0.508. The highest BCUT2D eigenvalue weighted by molar-refractivity contribution is 6.31. The highest BCUT2D eigenvalue weighted by atomic mass is 35.5. The van der Waals surface area contributed by atoms with Crippen molar-refractivity contribution < 1.29 is 14.3 Å². The number of nitrogens with one attached hydrogen (secondary N) is 1. The van der Waals surface area contributed by atoms with Gasteiger partial charge in [-0.1, -0.05) is 25.4 Å². The van der Waals surface area contributed by atoms with Gasteiger partial charge in [0.25, 0.3) is 5.91 Å². The lowest BCUT2D eigenvalue weighted by Gasteiger charge is -2.09. The number of anilines is 1. The van der Waals surface area contributed by atoms with Gasteiger partial charge in [0.2, 0.25) is 0 Å². The molecule has 1 amide bonds. The fourth-order valence-electron chi connectivity index (χ4n) is 1.53. The van der Waals surface area contributed by atoms with E-state index in [4.69, 9.17) is 21.6 Å². The first-order valence-electron chi connectivity index (χ1n) is 6.57. The Bertz CT molecular complexity index is 565. The van der Waals surface area contributed by atoms with E-state index in [0.717, 1.165) is 0 Å². The van der Waals surface area contributed by atoms with Gasteiger partial charge >= 0.3 is 5.97 Å². The standard InChI is InChI=1S/C15H17ClN2O3/c1-10(2)3-6-15(20)21-9-14(19)18-13-7-12(16)5-4-11(13)8-17/h4-5,7,10H,3,6,9H2,1-2H3,(H,18,19). The molecule has 1 rings (SSSR count). The van der Waals surface area contributed by atoms with Crippen molar-refractivity contribution in [2.45, 2.75) is 26.7 Å². The Morgan fingerprint density at radius 2 is 2.14 bits per heavy atom. The third-order valence-electron chi connectivity index (χ3n) is 2.67. The molecule has 1 aromatic carbocycles. The Labute approximate surface area is 128 Å². The molecule has 5 nitrogen and oxygen atoms in total. The van der Waals surface area contributed by atoms with Crippen LogP contribution < -0.4 is 5.32 Å². The molecule has 1 N–H and O–H groups in total. The number of halogens is 1. The molecule has 0 spiro atoms. The molecule has 0 aliphatic heterocycles. The van der Waals surface area contributed by atoms with Gasteiger partial charge in [-0.2, -0.15) is 5.26 Å². The van der Waals surface area contributed by atoms with Crippen molar-refractivity contribution in [1.82, 2.24) is 0 Å². The van der Waals surface area contributed by atoms with E-state index in [1.54, 1.807) is 6.07 Å². The number of benzene rings is 1. The molecule has 21 heavy (non-hydrogen) atoms. The summed E-state index contributed by atoms with van der Waals surface area (Å²) in [7, 11) is 0. The van der Waals surface area contributed by atoms with E-state index < -0.39 is 11.9 Å². The van der Waals surface area contributed by atoms with E-state index in [0.29, 0.717) is 28.6 Å². The first-order chi connectivity index (χ1) is 9.92. The van der Waals surface area contributed by atoms with Crippen LogP contribution in [0.15, 0.2) is 18.2 Å². The van der Waals surface area contributed by atoms with Gasteiger partial charge in [0.15, 0.2) is 6.61 Å². The van der Waals surface area contributed by atoms with E-state index in [9.17, 15) is 9.59 Å². The number of amides is 1. The molecule has 0 fully saturated rings. The molecule has 0 saturated heterocycles. The predicted molar refractivity (Wildman–Crippen MR) is 79.8 cm³/mol. The van der Waals surface area contributed by atoms with Crippen LogP contribution in [-0.2, 0) is 14.3 Å². The van der Waals surface area contributed by atoms with E-state index >= 15 is 0 Å². The second-order valence-electron chi connectivity index (χ2n) is 4.94. The van der Waals surface area contributed by atoms with Crippen molar-refractivity contribution >= 4 is 29.2 Å². The lowest BCUT2D eigenvalue weighted by atomic mass is 10.1. The van der Waals surface area contributed by atoms with Gasteiger partial charge < -0.3 is 10.1 Å². The Morgan fingerprint density at radius 1 is 1.43 bits per heavy atom. The van der Waals surface area contributed by atoms with Gasteiger partial charge in [0, 0.05) is 11.4 Å². The second-order valence-corrected chi connectivity index (χ2v) is 5.38. The maximum Gasteiger partial charge on any atom is 0.306 e. The fourth-order valence-corrected chi connectivity index (χ4v) is 1.70. The summed E-state index contributed by atoms with van der Waals surface area (Å²) in [6, 6.07) is 6.48. The lowest BCUT2D eigenvalue weighted by Crippen LogP contribution is -2.21. The largest absolute Gasteiger partial charge is 0.456 e. The molecule has 0 aromatic heterocycles. The summed E-state index contributed by atoms with van der Waals surface area (Å²) in [6.07, 6.45) is 0.999. The molecule has 0 unspecified atom stereocenters. The summed E-state index contributed by atoms with van der Waals surface area (Å²) in [5, 5.41) is 11.8. The number of nitriles is 1. The summed E-state index contributed by atoms with van der Waals surface area (Å²) >= 11 is 5.81. The van der Waals surface area contributed by atoms with Gasteiger partial charge in [-0.3, -0.25) is 9.59 Å². The van der Waals surface area contributed by atoms with Crippen molar-refractivity contribution in [3.8, 4) is 6.07 Å². The molecule has 0 atom stereocenters. The van der Waals surface area contributed by atoms with E-state index in [-0.39, 0.29) is 13.0 Å². The molecular formula is C15H17ClN2O3. The monoisotopic (exact) mass is 308 g/mol. The summed E-state index contributed by atoms with van der Waals surface area (Å²) in [5.41, 5.74) is 0.590. The van der Waals surface area contributed by atoms with Crippen molar-refractivity contribution in [1.29, 1.82) is 5.26 Å². The average molecular weight is 309 g/mol. The van der Waals surface area contributed by atoms with Crippen LogP contribution >= 0.6 is 11.6 Å². The number of nitrogens with zero attached hydrogens (tertiary/aromatic N) is 1. The highest BCUT2D eigenvalue weighted by Gasteiger charge is 2.11. The zero-order valence-electron chi connectivity index (χ0n) is 12.0. The number of ether oxygens (including phenoxy) is 1. The number of esters is 1. The average Bonchev–Trinajstić information content (AvgIpc) is 2.43. The Morgan fingerprint density at radius 3 is 2.76 bits per heavy atom. The predicted octanol–water partition coefficient (Wildman–Crippen LogP) is 3.13. The number of rotatable bonds is 6. The minimum absolute atomic E-state index is 0.283. The lowest BCUT2D eigenvalue weighted by molar-refractivity contribution is -0.147. The zero-order chi connectivity index (χ0) is 15.8. The van der Waals surface area contributed by atoms with Crippen LogP contribution in [0.2, 0.25) is 5.02 Å². The number of carbonyl (C=O) groups is 2. The Balaban J connectivity index is 2.49. The third-order valence-corrected chi connectivity index (χ3v) is 2.90. The summed E-state index contributed by atoms with van der Waals surface area (Å²) in [6.45, 7) is 3.62. The quantitative estimate of drug-likeness (QED) is 0.819. The summed E-state index contributed by atoms with van der Waals surface area (Å²) in [4.78, 5) is 23.1. The van der Waals surface area contributed by atoms with Gasteiger partial charge in [0.1, 0.15) is 6.07 Å². The Hall–Kier alpha value is -2.06. The van der Waals surface area contributed by atoms with Crippen LogP contribution in [0.4, 0.5) is 5.69 Å². The Kier molecular flexibility index (Phi) is 6.70. The van der Waals surface area contributed by atoms with Crippen LogP contribution in [0, 0.1) is 17.2 Å². The highest BCUT2D eigenvalue weighted by Crippen LogP contribution is 2.20. The fraction of sp³-hybridized carbons (Fsp3) is 0.400. The molecule has 0 aliphatic rings. The first kappa shape index (κ1) is 17.0. The molecule has 6 heteroatoms. The molecule has 0 bridgehead atoms. The van der Waals surface area contributed by atoms with Crippen molar-refractivity contribution in [2.75, 3.05) is 11.9 Å². The number of hydrogen-bond donors (Lipinski definition) is 1. The zero-order valence-corrected chi connectivity index (χ0v) is 12.7. The van der Waals surface area contributed by atoms with E-state index in [1.165, 1.54) is 12.1 Å². The summed E-state index contributed by atoms with van der Waals surface area (Å²) < 4.78 is 4.86. The van der Waals surface area contributed by atoms with Crippen LogP contribution in [-0.4, -0.2) is 18.5 Å². The van der Waals surface area contributed by atoms with Crippen molar-refractivity contribution in [2.24, 2.45) is 5.92 Å². The van der Waals surface area contributed by atoms with E-state index in [1.807, 2.05) is 19.9 Å². The van der Waals surface area contributed by atoms with Crippen LogP contribution in [0.3, 0.4) is 0 Å². The minimum Gasteiger partial charge on any atom is -0.456 e. The first-order valence-corrected chi connectivity index (χ1v) is 6.95. The molecule has 0 heterocycles. The molecular weight excluding hydrogens is 292 g/mol. The van der Waals surface area contributed by atoms with Gasteiger partial charge in [-0.05, 0) is 30.5 Å². The SMILES string of the molecule is CC(C)CCC(=O)OCC(=O)Nc1cc(Cl)ccc1C#N. The van der Waals surface area contributed by atoms with E-state index in [2.05, 4.69) is 5.32 Å². The number of carbonyl (C=O) groups excluding carboxylic acids is 2. The van der Waals surface area contributed by atoms with Crippen LogP contribution in [0.1, 0.15) is 32.3 Å². The van der Waals surface area contributed by atoms with Crippen LogP contribution in [0.25, 0.3) is 0 Å². The maximum atomic E-state index is 11.7. The smallest absolute Gasteiger partial charge is 0.306 e. The van der Waals surface area contributed by atoms with Crippen LogP contribution in [0.5, 0.6) is 0 Å². The van der Waals surface area contributed by atoms with Gasteiger partial charge in [-0.15, -0.1) is 0 Å². The van der Waals surface area contributed by atoms with Gasteiger partial charge in [-0.25, -0.2) is 0 Å². The van der Waals surface area contributed by atoms with Crippen molar-refractivity contribution in [3.05, 3.63) is 28.8 Å². The molecule has 0 radical (unpaired) electrons. The molecule has 0 saturated carbocycles. The maximum absolute atomic E-state index is 11.7. The third kappa shape index (κ3) is 6.28. The summed E-state index contributed by atoms with van der Waals surface area (Å²) in [5.74, 6) is -0.520. The molecule has 1 aromatic rings. The topological polar surface area (TPSA) is 79.2 Å². The molecule has 0 aliphatic carbocycles. The van der Waals surface area contributed by atoms with Crippen molar-refractivity contribution in [3.63, 3.8) is 0 Å². The van der Waals surface area contributed by atoms with Gasteiger partial charge in [0.05, 0.1) is 11.3 Å². The molecule has 112 valence electrons. The second kappa shape index (κ2) is 8.28. The normalized spacial score (nSPS) is 10.0. The number of hydrogen-bond acceptors (Lipinski definition) is 4.